The van der Waals surface area contributed by atoms with Gasteiger partial charge in [-0.1, -0.05) is 25.2 Å². The molecule has 0 aliphatic carbocycles. The molecule has 19 heavy (non-hydrogen) atoms. The summed E-state index contributed by atoms with van der Waals surface area (Å²) in [5.74, 6) is 6.86. The summed E-state index contributed by atoms with van der Waals surface area (Å²) in [5, 5.41) is 0. The molecule has 0 fully saturated rings. The second-order valence-electron chi connectivity index (χ2n) is 4.62. The second kappa shape index (κ2) is 8.58. The van der Waals surface area contributed by atoms with Gasteiger partial charge in [0.05, 0.1) is 13.7 Å². The molecule has 0 aliphatic rings. The fourth-order valence-electron chi connectivity index (χ4n) is 1.93. The Hall–Kier alpha value is -1.50. The van der Waals surface area contributed by atoms with Gasteiger partial charge in [0.2, 0.25) is 0 Å². The fourth-order valence-corrected chi connectivity index (χ4v) is 1.93. The zero-order chi connectivity index (χ0) is 14.1. The molecule has 1 aromatic rings. The number of hydrogen-bond acceptors (Lipinski definition) is 3. The Morgan fingerprint density at radius 2 is 2.16 bits per heavy atom. The normalized spacial score (nSPS) is 10.2. The van der Waals surface area contributed by atoms with Gasteiger partial charge in [-0.3, -0.25) is 0 Å². The highest BCUT2D eigenvalue weighted by Crippen LogP contribution is 2.21. The molecule has 104 valence electrons. The smallest absolute Gasteiger partial charge is 0.123 e. The maximum absolute atomic E-state index is 5.41. The van der Waals surface area contributed by atoms with E-state index >= 15 is 0 Å². The van der Waals surface area contributed by atoms with Crippen LogP contribution in [0.3, 0.4) is 0 Å². The summed E-state index contributed by atoms with van der Waals surface area (Å²) >= 11 is 0. The first-order valence-electron chi connectivity index (χ1n) is 6.75. The van der Waals surface area contributed by atoms with Crippen LogP contribution < -0.4 is 10.5 Å². The molecule has 0 radical (unpaired) electrons. The molecule has 0 heterocycles. The zero-order valence-corrected chi connectivity index (χ0v) is 12.2. The molecule has 0 saturated heterocycles. The van der Waals surface area contributed by atoms with Gasteiger partial charge < -0.3 is 15.4 Å². The lowest BCUT2D eigenvalue weighted by molar-refractivity contribution is 0.312. The molecular formula is C16H24N2O. The van der Waals surface area contributed by atoms with E-state index in [1.54, 1.807) is 7.11 Å². The second-order valence-corrected chi connectivity index (χ2v) is 4.62. The van der Waals surface area contributed by atoms with E-state index < -0.39 is 0 Å². The van der Waals surface area contributed by atoms with Crippen molar-refractivity contribution >= 4 is 0 Å². The summed E-state index contributed by atoms with van der Waals surface area (Å²) in [5.41, 5.74) is 7.56. The van der Waals surface area contributed by atoms with E-state index in [0.29, 0.717) is 6.54 Å². The van der Waals surface area contributed by atoms with E-state index in [0.717, 1.165) is 24.4 Å². The Morgan fingerprint density at radius 1 is 1.37 bits per heavy atom. The lowest BCUT2D eigenvalue weighted by atomic mass is 10.1. The predicted molar refractivity (Wildman–Crippen MR) is 80.2 cm³/mol. The molecule has 0 aromatic heterocycles. The van der Waals surface area contributed by atoms with Gasteiger partial charge in [0.15, 0.2) is 0 Å². The van der Waals surface area contributed by atoms with Crippen molar-refractivity contribution in [3.8, 4) is 17.6 Å². The minimum absolute atomic E-state index is 0.387. The van der Waals surface area contributed by atoms with Crippen LogP contribution in [0.2, 0.25) is 0 Å². The van der Waals surface area contributed by atoms with E-state index in [9.17, 15) is 0 Å². The first-order chi connectivity index (χ1) is 9.21. The topological polar surface area (TPSA) is 38.5 Å². The lowest BCUT2D eigenvalue weighted by Crippen LogP contribution is -2.19. The third kappa shape index (κ3) is 5.34. The van der Waals surface area contributed by atoms with E-state index in [1.165, 1.54) is 18.4 Å². The van der Waals surface area contributed by atoms with Crippen molar-refractivity contribution in [3.05, 3.63) is 29.3 Å². The van der Waals surface area contributed by atoms with Gasteiger partial charge in [-0.25, -0.2) is 0 Å². The van der Waals surface area contributed by atoms with Gasteiger partial charge >= 0.3 is 0 Å². The Balaban J connectivity index is 2.83. The largest absolute Gasteiger partial charge is 0.496 e. The average molecular weight is 260 g/mol. The van der Waals surface area contributed by atoms with E-state index in [4.69, 9.17) is 10.5 Å². The monoisotopic (exact) mass is 260 g/mol. The standard InChI is InChI=1S/C16H24N2O/c1-4-5-11-18(2)13-15-12-14(7-6-10-17)8-9-16(15)19-3/h8-9,12H,4-5,10-11,13,17H2,1-3H3. The first kappa shape index (κ1) is 15.6. The Morgan fingerprint density at radius 3 is 2.79 bits per heavy atom. The highest BCUT2D eigenvalue weighted by molar-refractivity contribution is 5.44. The molecule has 0 unspecified atom stereocenters. The molecule has 0 amide bonds. The number of nitrogens with zero attached hydrogens (tertiary/aromatic N) is 1. The van der Waals surface area contributed by atoms with Crippen LogP contribution in [0.1, 0.15) is 30.9 Å². The molecule has 0 spiro atoms. The van der Waals surface area contributed by atoms with E-state index in [-0.39, 0.29) is 0 Å². The Labute approximate surface area is 116 Å². The average Bonchev–Trinajstić information content (AvgIpc) is 2.43. The first-order valence-corrected chi connectivity index (χ1v) is 6.75. The van der Waals surface area contributed by atoms with E-state index in [2.05, 4.69) is 36.8 Å². The van der Waals surface area contributed by atoms with Gasteiger partial charge in [-0.05, 0) is 38.2 Å². The molecule has 1 aromatic carbocycles. The molecule has 1 rings (SSSR count). The van der Waals surface area contributed by atoms with Crippen LogP contribution in [0.25, 0.3) is 0 Å². The van der Waals surface area contributed by atoms with Crippen molar-refractivity contribution in [2.75, 3.05) is 27.2 Å². The van der Waals surface area contributed by atoms with Crippen LogP contribution in [0, 0.1) is 11.8 Å². The molecular weight excluding hydrogens is 236 g/mol. The van der Waals surface area contributed by atoms with Gasteiger partial charge in [0.25, 0.3) is 0 Å². The summed E-state index contributed by atoms with van der Waals surface area (Å²) in [6.45, 7) is 4.56. The molecule has 0 aliphatic heterocycles. The van der Waals surface area contributed by atoms with Crippen molar-refractivity contribution in [2.24, 2.45) is 5.73 Å². The number of methoxy groups -OCH3 is 1. The van der Waals surface area contributed by atoms with Crippen LogP contribution in [0.5, 0.6) is 5.75 Å². The molecule has 0 bridgehead atoms. The Bertz CT molecular complexity index is 446. The summed E-state index contributed by atoms with van der Waals surface area (Å²) in [6.07, 6.45) is 2.43. The summed E-state index contributed by atoms with van der Waals surface area (Å²) in [6, 6.07) is 6.03. The molecule has 3 nitrogen and oxygen atoms in total. The number of benzene rings is 1. The maximum Gasteiger partial charge on any atom is 0.123 e. The third-order valence-corrected chi connectivity index (χ3v) is 2.95. The lowest BCUT2D eigenvalue weighted by Gasteiger charge is -2.18. The van der Waals surface area contributed by atoms with Crippen LogP contribution >= 0.6 is 0 Å². The van der Waals surface area contributed by atoms with Crippen LogP contribution in [-0.4, -0.2) is 32.1 Å². The number of rotatable bonds is 6. The fraction of sp³-hybridized carbons (Fsp3) is 0.500. The van der Waals surface area contributed by atoms with Crippen molar-refractivity contribution in [3.63, 3.8) is 0 Å². The highest BCUT2D eigenvalue weighted by Gasteiger charge is 2.07. The summed E-state index contributed by atoms with van der Waals surface area (Å²) < 4.78 is 5.41. The van der Waals surface area contributed by atoms with Crippen LogP contribution in [-0.2, 0) is 6.54 Å². The summed E-state index contributed by atoms with van der Waals surface area (Å²) in [4.78, 5) is 2.31. The third-order valence-electron chi connectivity index (χ3n) is 2.95. The minimum Gasteiger partial charge on any atom is -0.496 e. The Kier molecular flexibility index (Phi) is 7.02. The zero-order valence-electron chi connectivity index (χ0n) is 12.2. The molecule has 0 atom stereocenters. The molecule has 2 N–H and O–H groups in total. The molecule has 0 saturated carbocycles. The van der Waals surface area contributed by atoms with Gasteiger partial charge in [0, 0.05) is 17.7 Å². The quantitative estimate of drug-likeness (QED) is 0.797. The van der Waals surface area contributed by atoms with Crippen LogP contribution in [0.15, 0.2) is 18.2 Å². The van der Waals surface area contributed by atoms with Crippen molar-refractivity contribution < 1.29 is 4.74 Å². The molecule has 3 heteroatoms. The van der Waals surface area contributed by atoms with Gasteiger partial charge in [0.1, 0.15) is 5.75 Å². The SMILES string of the molecule is CCCCN(C)Cc1cc(C#CCN)ccc1OC. The van der Waals surface area contributed by atoms with Crippen molar-refractivity contribution in [2.45, 2.75) is 26.3 Å². The number of hydrogen-bond donors (Lipinski definition) is 1. The number of ether oxygens (including phenoxy) is 1. The van der Waals surface area contributed by atoms with Crippen molar-refractivity contribution in [1.29, 1.82) is 0 Å². The minimum atomic E-state index is 0.387. The van der Waals surface area contributed by atoms with Crippen molar-refractivity contribution in [1.82, 2.24) is 4.90 Å². The van der Waals surface area contributed by atoms with Gasteiger partial charge in [-0.2, -0.15) is 0 Å². The van der Waals surface area contributed by atoms with Crippen LogP contribution in [0.4, 0.5) is 0 Å². The maximum atomic E-state index is 5.41. The van der Waals surface area contributed by atoms with Gasteiger partial charge in [-0.15, -0.1) is 0 Å². The summed E-state index contributed by atoms with van der Waals surface area (Å²) in [7, 11) is 3.84. The highest BCUT2D eigenvalue weighted by atomic mass is 16.5. The predicted octanol–water partition coefficient (Wildman–Crippen LogP) is 2.24. The number of unbranched alkanes of at least 4 members (excludes halogenated alkanes) is 1. The number of nitrogens with two attached hydrogens (primary N) is 1. The van der Waals surface area contributed by atoms with E-state index in [1.807, 2.05) is 12.1 Å².